The highest BCUT2D eigenvalue weighted by atomic mass is 16.5. The molecule has 1 aromatic carbocycles. The predicted octanol–water partition coefficient (Wildman–Crippen LogP) is 2.00. The number of nitrogens with zero attached hydrogens (tertiary/aromatic N) is 3. The van der Waals surface area contributed by atoms with E-state index < -0.39 is 0 Å². The van der Waals surface area contributed by atoms with Gasteiger partial charge in [0.25, 0.3) is 0 Å². The van der Waals surface area contributed by atoms with Gasteiger partial charge in [0, 0.05) is 26.2 Å². The Balaban J connectivity index is 1.69. The van der Waals surface area contributed by atoms with Gasteiger partial charge in [-0.3, -0.25) is 0 Å². The van der Waals surface area contributed by atoms with E-state index in [4.69, 9.17) is 10.5 Å². The van der Waals surface area contributed by atoms with Crippen molar-refractivity contribution in [2.24, 2.45) is 0 Å². The molecule has 0 aliphatic carbocycles. The number of piperazine rings is 1. The molecule has 0 unspecified atom stereocenters. The number of benzene rings is 1. The Morgan fingerprint density at radius 2 is 1.71 bits per heavy atom. The Bertz CT molecular complexity index is 591. The number of hydrogen-bond donors (Lipinski definition) is 1. The molecule has 1 aliphatic rings. The van der Waals surface area contributed by atoms with Crippen LogP contribution < -0.4 is 20.3 Å². The Kier molecular flexibility index (Phi) is 3.81. The largest absolute Gasteiger partial charge is 0.495 e. The normalized spacial score (nSPS) is 15.1. The highest BCUT2D eigenvalue weighted by Crippen LogP contribution is 2.29. The molecule has 3 rings (SSSR count). The fourth-order valence-corrected chi connectivity index (χ4v) is 2.68. The van der Waals surface area contributed by atoms with Crippen LogP contribution in [0.1, 0.15) is 0 Å². The Morgan fingerprint density at radius 1 is 1.00 bits per heavy atom. The zero-order valence-corrected chi connectivity index (χ0v) is 12.2. The van der Waals surface area contributed by atoms with Crippen molar-refractivity contribution >= 4 is 17.2 Å². The average Bonchev–Trinajstić information content (AvgIpc) is 2.56. The minimum Gasteiger partial charge on any atom is -0.495 e. The highest BCUT2D eigenvalue weighted by Gasteiger charge is 2.19. The van der Waals surface area contributed by atoms with Crippen LogP contribution in [-0.2, 0) is 0 Å². The van der Waals surface area contributed by atoms with Crippen LogP contribution in [-0.4, -0.2) is 38.3 Å². The van der Waals surface area contributed by atoms with Crippen molar-refractivity contribution in [2.45, 2.75) is 0 Å². The van der Waals surface area contributed by atoms with Crippen LogP contribution in [0.5, 0.6) is 5.75 Å². The van der Waals surface area contributed by atoms with Gasteiger partial charge in [0.15, 0.2) is 0 Å². The number of pyridine rings is 1. The number of aromatic nitrogens is 1. The molecule has 0 atom stereocenters. The third-order valence-corrected chi connectivity index (χ3v) is 3.84. The number of anilines is 3. The van der Waals surface area contributed by atoms with E-state index in [9.17, 15) is 0 Å². The molecule has 1 fully saturated rings. The summed E-state index contributed by atoms with van der Waals surface area (Å²) in [4.78, 5) is 8.85. The first-order valence-electron chi connectivity index (χ1n) is 7.12. The van der Waals surface area contributed by atoms with E-state index in [2.05, 4.69) is 20.9 Å². The third-order valence-electron chi connectivity index (χ3n) is 3.84. The molecule has 2 N–H and O–H groups in total. The van der Waals surface area contributed by atoms with E-state index in [1.165, 1.54) is 0 Å². The van der Waals surface area contributed by atoms with Crippen molar-refractivity contribution in [3.8, 4) is 5.75 Å². The second-order valence-corrected chi connectivity index (χ2v) is 5.09. The summed E-state index contributed by atoms with van der Waals surface area (Å²) in [7, 11) is 1.72. The average molecular weight is 284 g/mol. The van der Waals surface area contributed by atoms with Crippen LogP contribution in [0.2, 0.25) is 0 Å². The van der Waals surface area contributed by atoms with E-state index in [1.54, 1.807) is 7.11 Å². The molecule has 0 bridgehead atoms. The van der Waals surface area contributed by atoms with Gasteiger partial charge < -0.3 is 20.3 Å². The summed E-state index contributed by atoms with van der Waals surface area (Å²) in [5.74, 6) is 1.49. The van der Waals surface area contributed by atoms with E-state index in [-0.39, 0.29) is 0 Å². The van der Waals surface area contributed by atoms with E-state index in [0.29, 0.717) is 5.82 Å². The summed E-state index contributed by atoms with van der Waals surface area (Å²) in [6.45, 7) is 3.85. The van der Waals surface area contributed by atoms with Crippen LogP contribution >= 0.6 is 0 Å². The van der Waals surface area contributed by atoms with E-state index in [1.807, 2.05) is 36.5 Å². The first-order valence-corrected chi connectivity index (χ1v) is 7.12. The second-order valence-electron chi connectivity index (χ2n) is 5.09. The maximum absolute atomic E-state index is 5.63. The topological polar surface area (TPSA) is 54.6 Å². The smallest absolute Gasteiger partial charge is 0.142 e. The highest BCUT2D eigenvalue weighted by molar-refractivity contribution is 5.60. The zero-order chi connectivity index (χ0) is 14.7. The number of methoxy groups -OCH3 is 1. The summed E-state index contributed by atoms with van der Waals surface area (Å²) < 4.78 is 5.44. The molecule has 1 saturated heterocycles. The molecule has 5 nitrogen and oxygen atoms in total. The molecule has 1 aromatic heterocycles. The van der Waals surface area contributed by atoms with Crippen molar-refractivity contribution in [1.29, 1.82) is 0 Å². The van der Waals surface area contributed by atoms with Crippen LogP contribution in [0, 0.1) is 0 Å². The first-order chi connectivity index (χ1) is 10.3. The molecule has 5 heteroatoms. The lowest BCUT2D eigenvalue weighted by Gasteiger charge is -2.37. The molecule has 1 aliphatic heterocycles. The van der Waals surface area contributed by atoms with Gasteiger partial charge in [-0.25, -0.2) is 4.98 Å². The number of para-hydroxylation sites is 2. The summed E-state index contributed by atoms with van der Waals surface area (Å²) in [5, 5.41) is 0. The molecular formula is C16H20N4O. The molecule has 2 heterocycles. The number of nitrogens with two attached hydrogens (primary N) is 1. The predicted molar refractivity (Wildman–Crippen MR) is 86.1 cm³/mol. The zero-order valence-electron chi connectivity index (χ0n) is 12.2. The Morgan fingerprint density at radius 3 is 2.38 bits per heavy atom. The number of nitrogen functional groups attached to an aromatic ring is 1. The maximum Gasteiger partial charge on any atom is 0.142 e. The van der Waals surface area contributed by atoms with Gasteiger partial charge in [0.2, 0.25) is 0 Å². The molecule has 21 heavy (non-hydrogen) atoms. The van der Waals surface area contributed by atoms with Crippen LogP contribution in [0.25, 0.3) is 0 Å². The lowest BCUT2D eigenvalue weighted by molar-refractivity contribution is 0.413. The second kappa shape index (κ2) is 5.91. The number of rotatable bonds is 3. The Hall–Kier alpha value is -2.43. The molecule has 0 radical (unpaired) electrons. The Labute approximate surface area is 125 Å². The van der Waals surface area contributed by atoms with Gasteiger partial charge in [-0.15, -0.1) is 0 Å². The minimum absolute atomic E-state index is 0.561. The quantitative estimate of drug-likeness (QED) is 0.934. The van der Waals surface area contributed by atoms with Crippen molar-refractivity contribution in [3.05, 3.63) is 42.6 Å². The SMILES string of the molecule is COc1ccccc1N1CCN(c2ccc(N)nc2)CC1. The minimum atomic E-state index is 0.561. The van der Waals surface area contributed by atoms with Crippen molar-refractivity contribution in [2.75, 3.05) is 48.8 Å². The lowest BCUT2D eigenvalue weighted by atomic mass is 10.2. The standard InChI is InChI=1S/C16H20N4O/c1-21-15-5-3-2-4-14(15)20-10-8-19(9-11-20)13-6-7-16(17)18-12-13/h2-7,12H,8-11H2,1H3,(H2,17,18). The third kappa shape index (κ3) is 2.86. The number of ether oxygens (including phenoxy) is 1. The lowest BCUT2D eigenvalue weighted by Crippen LogP contribution is -2.46. The van der Waals surface area contributed by atoms with Crippen LogP contribution in [0.15, 0.2) is 42.6 Å². The summed E-state index contributed by atoms with van der Waals surface area (Å²) >= 11 is 0. The van der Waals surface area contributed by atoms with E-state index in [0.717, 1.165) is 43.3 Å². The fourth-order valence-electron chi connectivity index (χ4n) is 2.68. The van der Waals surface area contributed by atoms with Crippen molar-refractivity contribution < 1.29 is 4.74 Å². The monoisotopic (exact) mass is 284 g/mol. The van der Waals surface area contributed by atoms with Gasteiger partial charge in [0.1, 0.15) is 11.6 Å². The van der Waals surface area contributed by atoms with Crippen molar-refractivity contribution in [1.82, 2.24) is 4.98 Å². The van der Waals surface area contributed by atoms with Gasteiger partial charge in [-0.2, -0.15) is 0 Å². The number of hydrogen-bond acceptors (Lipinski definition) is 5. The first kappa shape index (κ1) is 13.5. The van der Waals surface area contributed by atoms with Crippen molar-refractivity contribution in [3.63, 3.8) is 0 Å². The van der Waals surface area contributed by atoms with Crippen LogP contribution in [0.3, 0.4) is 0 Å². The molecular weight excluding hydrogens is 264 g/mol. The summed E-state index contributed by atoms with van der Waals surface area (Å²) in [6.07, 6.45) is 1.84. The molecule has 0 spiro atoms. The van der Waals surface area contributed by atoms with E-state index >= 15 is 0 Å². The van der Waals surface area contributed by atoms with Gasteiger partial charge in [-0.1, -0.05) is 12.1 Å². The van der Waals surface area contributed by atoms with Crippen LogP contribution in [0.4, 0.5) is 17.2 Å². The van der Waals surface area contributed by atoms with Gasteiger partial charge >= 0.3 is 0 Å². The van der Waals surface area contributed by atoms with Gasteiger partial charge in [0.05, 0.1) is 24.7 Å². The summed E-state index contributed by atoms with van der Waals surface area (Å²) in [5.41, 5.74) is 7.93. The molecule has 2 aromatic rings. The molecule has 0 saturated carbocycles. The van der Waals surface area contributed by atoms with Gasteiger partial charge in [-0.05, 0) is 24.3 Å². The maximum atomic E-state index is 5.63. The molecule has 110 valence electrons. The molecule has 0 amide bonds. The summed E-state index contributed by atoms with van der Waals surface area (Å²) in [6, 6.07) is 12.0. The fraction of sp³-hybridized carbons (Fsp3) is 0.312.